The van der Waals surface area contributed by atoms with Crippen molar-refractivity contribution in [2.24, 2.45) is 0 Å². The SMILES string of the molecule is CCCCN(CCO)S(=O)(=O)c1cc(N)ccc1C(=O)O. The highest BCUT2D eigenvalue weighted by Gasteiger charge is 2.28. The molecule has 0 radical (unpaired) electrons. The molecule has 0 saturated heterocycles. The lowest BCUT2D eigenvalue weighted by Crippen LogP contribution is -2.35. The summed E-state index contributed by atoms with van der Waals surface area (Å²) in [5.41, 5.74) is 5.41. The first-order valence-corrected chi connectivity index (χ1v) is 8.02. The second-order valence-corrected chi connectivity index (χ2v) is 6.45. The Bertz CT molecular complexity index is 601. The standard InChI is InChI=1S/C13H20N2O5S/c1-2-3-6-15(7-8-16)21(19,20)12-9-10(14)4-5-11(12)13(17)18/h4-5,9,16H,2-3,6-8,14H2,1H3,(H,17,18). The van der Waals surface area contributed by atoms with Crippen LogP contribution in [0.3, 0.4) is 0 Å². The van der Waals surface area contributed by atoms with Crippen molar-refractivity contribution in [3.8, 4) is 0 Å². The Hall–Kier alpha value is -1.64. The molecule has 0 fully saturated rings. The van der Waals surface area contributed by atoms with Gasteiger partial charge in [0, 0.05) is 18.8 Å². The van der Waals surface area contributed by atoms with Crippen molar-refractivity contribution in [3.05, 3.63) is 23.8 Å². The lowest BCUT2D eigenvalue weighted by Gasteiger charge is -2.22. The van der Waals surface area contributed by atoms with E-state index in [0.717, 1.165) is 16.8 Å². The van der Waals surface area contributed by atoms with Gasteiger partial charge in [0.2, 0.25) is 10.0 Å². The first kappa shape index (κ1) is 17.4. The fourth-order valence-electron chi connectivity index (χ4n) is 1.87. The highest BCUT2D eigenvalue weighted by molar-refractivity contribution is 7.89. The van der Waals surface area contributed by atoms with Gasteiger partial charge in [0.25, 0.3) is 0 Å². The summed E-state index contributed by atoms with van der Waals surface area (Å²) in [5.74, 6) is -1.34. The number of anilines is 1. The average molecular weight is 316 g/mol. The fraction of sp³-hybridized carbons (Fsp3) is 0.462. The van der Waals surface area contributed by atoms with E-state index >= 15 is 0 Å². The lowest BCUT2D eigenvalue weighted by atomic mass is 10.2. The molecule has 1 aromatic carbocycles. The normalized spacial score (nSPS) is 11.8. The van der Waals surface area contributed by atoms with E-state index in [9.17, 15) is 13.2 Å². The first-order valence-electron chi connectivity index (χ1n) is 6.58. The number of aliphatic hydroxyl groups excluding tert-OH is 1. The molecular weight excluding hydrogens is 296 g/mol. The number of rotatable bonds is 8. The minimum absolute atomic E-state index is 0.0871. The lowest BCUT2D eigenvalue weighted by molar-refractivity contribution is 0.0692. The molecule has 0 saturated carbocycles. The van der Waals surface area contributed by atoms with Gasteiger partial charge in [-0.15, -0.1) is 0 Å². The Morgan fingerprint density at radius 2 is 2.00 bits per heavy atom. The Kier molecular flexibility index (Phi) is 6.13. The molecule has 0 atom stereocenters. The summed E-state index contributed by atoms with van der Waals surface area (Å²) in [5, 5.41) is 18.2. The van der Waals surface area contributed by atoms with Gasteiger partial charge in [-0.3, -0.25) is 0 Å². The van der Waals surface area contributed by atoms with E-state index < -0.39 is 16.0 Å². The zero-order chi connectivity index (χ0) is 16.0. The number of carboxylic acids is 1. The quantitative estimate of drug-likeness (QED) is 0.609. The number of carbonyl (C=O) groups is 1. The highest BCUT2D eigenvalue weighted by atomic mass is 32.2. The number of aromatic carboxylic acids is 1. The number of aliphatic hydroxyl groups is 1. The number of nitrogens with zero attached hydrogens (tertiary/aromatic N) is 1. The minimum atomic E-state index is -4.02. The second-order valence-electron chi connectivity index (χ2n) is 4.54. The zero-order valence-electron chi connectivity index (χ0n) is 11.8. The molecule has 21 heavy (non-hydrogen) atoms. The van der Waals surface area contributed by atoms with Gasteiger partial charge in [-0.2, -0.15) is 4.31 Å². The number of sulfonamides is 1. The summed E-state index contributed by atoms with van der Waals surface area (Å²) in [6.45, 7) is 1.70. The third-order valence-electron chi connectivity index (χ3n) is 2.96. The van der Waals surface area contributed by atoms with E-state index in [1.807, 2.05) is 6.92 Å². The van der Waals surface area contributed by atoms with Crippen LogP contribution in [0.1, 0.15) is 30.1 Å². The Morgan fingerprint density at radius 1 is 1.33 bits per heavy atom. The van der Waals surface area contributed by atoms with Gasteiger partial charge in [-0.05, 0) is 24.6 Å². The zero-order valence-corrected chi connectivity index (χ0v) is 12.6. The molecule has 0 spiro atoms. The summed E-state index contributed by atoms with van der Waals surface area (Å²) in [6, 6.07) is 3.64. The minimum Gasteiger partial charge on any atom is -0.478 e. The monoisotopic (exact) mass is 316 g/mol. The molecule has 118 valence electrons. The van der Waals surface area contributed by atoms with Crippen LogP contribution < -0.4 is 5.73 Å². The number of hydrogen-bond donors (Lipinski definition) is 3. The van der Waals surface area contributed by atoms with E-state index in [1.165, 1.54) is 12.1 Å². The number of unbranched alkanes of at least 4 members (excludes halogenated alkanes) is 1. The van der Waals surface area contributed by atoms with Crippen LogP contribution in [0, 0.1) is 0 Å². The van der Waals surface area contributed by atoms with E-state index in [2.05, 4.69) is 0 Å². The number of nitrogens with two attached hydrogens (primary N) is 1. The van der Waals surface area contributed by atoms with Gasteiger partial charge in [0.05, 0.1) is 17.1 Å². The maximum Gasteiger partial charge on any atom is 0.337 e. The molecule has 0 heterocycles. The molecule has 8 heteroatoms. The molecule has 0 unspecified atom stereocenters. The van der Waals surface area contributed by atoms with E-state index in [0.29, 0.717) is 6.42 Å². The number of benzene rings is 1. The molecular formula is C13H20N2O5S. The number of carboxylic acid groups (broad SMARTS) is 1. The van der Waals surface area contributed by atoms with Crippen LogP contribution in [-0.2, 0) is 10.0 Å². The Morgan fingerprint density at radius 3 is 2.52 bits per heavy atom. The van der Waals surface area contributed by atoms with Crippen molar-refractivity contribution < 1.29 is 23.4 Å². The van der Waals surface area contributed by atoms with Gasteiger partial charge in [-0.25, -0.2) is 13.2 Å². The highest BCUT2D eigenvalue weighted by Crippen LogP contribution is 2.23. The van der Waals surface area contributed by atoms with E-state index in [-0.39, 0.29) is 35.8 Å². The van der Waals surface area contributed by atoms with Crippen LogP contribution >= 0.6 is 0 Å². The topological polar surface area (TPSA) is 121 Å². The van der Waals surface area contributed by atoms with E-state index in [4.69, 9.17) is 15.9 Å². The predicted octanol–water partition coefficient (Wildman–Crippen LogP) is 0.750. The van der Waals surface area contributed by atoms with Crippen LogP contribution in [0.25, 0.3) is 0 Å². The van der Waals surface area contributed by atoms with Crippen LogP contribution in [-0.4, -0.2) is 48.6 Å². The molecule has 0 aromatic heterocycles. The number of nitrogen functional groups attached to an aromatic ring is 1. The van der Waals surface area contributed by atoms with Gasteiger partial charge < -0.3 is 15.9 Å². The van der Waals surface area contributed by atoms with Crippen LogP contribution in [0.15, 0.2) is 23.1 Å². The molecule has 0 aliphatic heterocycles. The van der Waals surface area contributed by atoms with Crippen LogP contribution in [0.2, 0.25) is 0 Å². The summed E-state index contributed by atoms with van der Waals surface area (Å²) < 4.78 is 26.3. The predicted molar refractivity (Wildman–Crippen MR) is 78.6 cm³/mol. The van der Waals surface area contributed by atoms with Crippen molar-refractivity contribution in [1.29, 1.82) is 0 Å². The summed E-state index contributed by atoms with van der Waals surface area (Å²) in [6.07, 6.45) is 1.39. The molecule has 7 nitrogen and oxygen atoms in total. The third-order valence-corrected chi connectivity index (χ3v) is 4.90. The Balaban J connectivity index is 3.32. The molecule has 1 aromatic rings. The molecule has 0 bridgehead atoms. The van der Waals surface area contributed by atoms with Gasteiger partial charge in [0.1, 0.15) is 0 Å². The van der Waals surface area contributed by atoms with Crippen molar-refractivity contribution in [1.82, 2.24) is 4.31 Å². The average Bonchev–Trinajstić information content (AvgIpc) is 2.42. The van der Waals surface area contributed by atoms with Gasteiger partial charge in [0.15, 0.2) is 0 Å². The maximum atomic E-state index is 12.6. The molecule has 4 N–H and O–H groups in total. The van der Waals surface area contributed by atoms with Crippen LogP contribution in [0.5, 0.6) is 0 Å². The fourth-order valence-corrected chi connectivity index (χ4v) is 3.55. The first-order chi connectivity index (χ1) is 9.84. The van der Waals surface area contributed by atoms with Crippen LogP contribution in [0.4, 0.5) is 5.69 Å². The van der Waals surface area contributed by atoms with E-state index in [1.54, 1.807) is 0 Å². The summed E-state index contributed by atoms with van der Waals surface area (Å²) in [4.78, 5) is 10.9. The molecule has 0 amide bonds. The third kappa shape index (κ3) is 4.16. The van der Waals surface area contributed by atoms with Crippen molar-refractivity contribution in [2.75, 3.05) is 25.4 Å². The summed E-state index contributed by atoms with van der Waals surface area (Å²) in [7, 11) is -4.02. The largest absolute Gasteiger partial charge is 0.478 e. The molecule has 0 aliphatic carbocycles. The summed E-state index contributed by atoms with van der Waals surface area (Å²) >= 11 is 0. The van der Waals surface area contributed by atoms with Crippen molar-refractivity contribution >= 4 is 21.7 Å². The Labute approximate surface area is 124 Å². The smallest absolute Gasteiger partial charge is 0.337 e. The molecule has 1 rings (SSSR count). The van der Waals surface area contributed by atoms with Gasteiger partial charge >= 0.3 is 5.97 Å². The van der Waals surface area contributed by atoms with Crippen molar-refractivity contribution in [2.45, 2.75) is 24.7 Å². The van der Waals surface area contributed by atoms with Gasteiger partial charge in [-0.1, -0.05) is 13.3 Å². The second kappa shape index (κ2) is 7.39. The van der Waals surface area contributed by atoms with Crippen molar-refractivity contribution in [3.63, 3.8) is 0 Å². The number of hydrogen-bond acceptors (Lipinski definition) is 5. The maximum absolute atomic E-state index is 12.6. The molecule has 0 aliphatic rings.